The fraction of sp³-hybridized carbons (Fsp3) is 0.421. The maximum atomic E-state index is 12.3. The normalized spacial score (nSPS) is 10.6. The number of thioether (sulfide) groups is 1. The lowest BCUT2D eigenvalue weighted by atomic mass is 10.1. The molecule has 1 amide bonds. The van der Waals surface area contributed by atoms with Crippen LogP contribution in [0, 0.1) is 13.8 Å². The van der Waals surface area contributed by atoms with Crippen LogP contribution in [0.1, 0.15) is 24.0 Å². The average molecular weight is 375 g/mol. The van der Waals surface area contributed by atoms with Gasteiger partial charge in [-0.15, -0.1) is 0 Å². The summed E-state index contributed by atoms with van der Waals surface area (Å²) in [6, 6.07) is 6.27. The smallest absolute Gasteiger partial charge is 0.305 e. The largest absolute Gasteiger partial charge is 0.469 e. The second kappa shape index (κ2) is 9.43. The third-order valence-corrected chi connectivity index (χ3v) is 5.04. The van der Waals surface area contributed by atoms with E-state index in [1.165, 1.54) is 24.4 Å². The van der Waals surface area contributed by atoms with E-state index >= 15 is 0 Å². The number of nitrogens with zero attached hydrogens (tertiary/aromatic N) is 3. The summed E-state index contributed by atoms with van der Waals surface area (Å²) in [5, 5.41) is 0.787. The number of aryl methyl sites for hydroxylation is 2. The molecule has 0 unspecified atom stereocenters. The third-order valence-electron chi connectivity index (χ3n) is 4.08. The molecule has 26 heavy (non-hydrogen) atoms. The molecule has 6 nitrogen and oxygen atoms in total. The van der Waals surface area contributed by atoms with Crippen LogP contribution < -0.4 is 0 Å². The summed E-state index contributed by atoms with van der Waals surface area (Å²) >= 11 is 1.41. The Hall–Kier alpha value is -2.28. The van der Waals surface area contributed by atoms with Crippen molar-refractivity contribution in [1.82, 2.24) is 14.5 Å². The van der Waals surface area contributed by atoms with Crippen molar-refractivity contribution >= 4 is 23.6 Å². The van der Waals surface area contributed by atoms with Gasteiger partial charge in [0.2, 0.25) is 5.91 Å². The topological polar surface area (TPSA) is 64.4 Å². The van der Waals surface area contributed by atoms with Crippen molar-refractivity contribution in [1.29, 1.82) is 0 Å². The van der Waals surface area contributed by atoms with Crippen LogP contribution in [0.25, 0.3) is 5.69 Å². The molecule has 0 N–H and O–H groups in total. The molecule has 7 heteroatoms. The highest BCUT2D eigenvalue weighted by Crippen LogP contribution is 2.23. The second-order valence-corrected chi connectivity index (χ2v) is 7.10. The van der Waals surface area contributed by atoms with Crippen LogP contribution in [-0.4, -0.2) is 52.8 Å². The molecule has 0 saturated carbocycles. The zero-order valence-corrected chi connectivity index (χ0v) is 16.5. The lowest BCUT2D eigenvalue weighted by Gasteiger charge is -2.17. The fourth-order valence-electron chi connectivity index (χ4n) is 2.48. The number of esters is 1. The highest BCUT2D eigenvalue weighted by Gasteiger charge is 2.14. The zero-order chi connectivity index (χ0) is 19.1. The van der Waals surface area contributed by atoms with Gasteiger partial charge in [0.05, 0.1) is 18.6 Å². The van der Waals surface area contributed by atoms with E-state index in [0.717, 1.165) is 16.4 Å². The minimum absolute atomic E-state index is 0.00961. The van der Waals surface area contributed by atoms with Gasteiger partial charge in [0, 0.05) is 32.4 Å². The van der Waals surface area contributed by atoms with Crippen LogP contribution in [0.2, 0.25) is 0 Å². The summed E-state index contributed by atoms with van der Waals surface area (Å²) in [6.45, 7) is 4.64. The van der Waals surface area contributed by atoms with Gasteiger partial charge in [0.1, 0.15) is 0 Å². The monoisotopic (exact) mass is 375 g/mol. The van der Waals surface area contributed by atoms with Crippen LogP contribution in [-0.2, 0) is 14.3 Å². The van der Waals surface area contributed by atoms with Crippen molar-refractivity contribution in [3.8, 4) is 5.69 Å². The van der Waals surface area contributed by atoms with Crippen LogP contribution in [0.5, 0.6) is 0 Å². The maximum absolute atomic E-state index is 12.3. The molecule has 2 rings (SSSR count). The maximum Gasteiger partial charge on any atom is 0.305 e. The van der Waals surface area contributed by atoms with Gasteiger partial charge >= 0.3 is 5.97 Å². The zero-order valence-electron chi connectivity index (χ0n) is 15.7. The number of amides is 1. The first-order valence-electron chi connectivity index (χ1n) is 8.47. The fourth-order valence-corrected chi connectivity index (χ4v) is 3.39. The van der Waals surface area contributed by atoms with Crippen molar-refractivity contribution in [2.75, 3.05) is 26.5 Å². The number of hydrogen-bond donors (Lipinski definition) is 0. The Bertz CT molecular complexity index is 773. The number of carbonyl (C=O) groups is 2. The second-order valence-electron chi connectivity index (χ2n) is 6.15. The number of benzene rings is 1. The van der Waals surface area contributed by atoms with Crippen LogP contribution in [0.15, 0.2) is 35.7 Å². The number of rotatable bonds is 8. The summed E-state index contributed by atoms with van der Waals surface area (Å²) in [5.74, 6) is 0.0579. The number of methoxy groups -OCH3 is 1. The molecule has 2 aromatic rings. The predicted molar refractivity (Wildman–Crippen MR) is 103 cm³/mol. The van der Waals surface area contributed by atoms with Crippen LogP contribution in [0.4, 0.5) is 0 Å². The molecular weight excluding hydrogens is 350 g/mol. The molecule has 1 heterocycles. The molecule has 0 fully saturated rings. The van der Waals surface area contributed by atoms with E-state index in [0.29, 0.717) is 25.1 Å². The standard InChI is InChI=1S/C19H25N3O3S/c1-14-7-8-15(2)16(12-14)22-11-9-20-19(22)26-13-17(23)21(3)10-5-6-18(24)25-4/h7-9,11-12H,5-6,10,13H2,1-4H3. The summed E-state index contributed by atoms with van der Waals surface area (Å²) in [7, 11) is 3.11. The molecule has 0 radical (unpaired) electrons. The van der Waals surface area contributed by atoms with Gasteiger partial charge in [-0.1, -0.05) is 23.9 Å². The quantitative estimate of drug-likeness (QED) is 0.524. The number of ether oxygens (including phenoxy) is 1. The van der Waals surface area contributed by atoms with Crippen molar-refractivity contribution < 1.29 is 14.3 Å². The molecule has 0 aliphatic carbocycles. The average Bonchev–Trinajstić information content (AvgIpc) is 3.09. The summed E-state index contributed by atoms with van der Waals surface area (Å²) < 4.78 is 6.62. The minimum atomic E-state index is -0.254. The van der Waals surface area contributed by atoms with Gasteiger partial charge < -0.3 is 9.64 Å². The Morgan fingerprint density at radius 2 is 2.08 bits per heavy atom. The Morgan fingerprint density at radius 1 is 1.31 bits per heavy atom. The SMILES string of the molecule is COC(=O)CCCN(C)C(=O)CSc1nccn1-c1cc(C)ccc1C. The van der Waals surface area contributed by atoms with Crippen molar-refractivity contribution in [3.05, 3.63) is 41.7 Å². The van der Waals surface area contributed by atoms with E-state index in [4.69, 9.17) is 0 Å². The number of aromatic nitrogens is 2. The third kappa shape index (κ3) is 5.36. The van der Waals surface area contributed by atoms with Gasteiger partial charge in [0.15, 0.2) is 5.16 Å². The summed E-state index contributed by atoms with van der Waals surface area (Å²) in [6.07, 6.45) is 4.57. The van der Waals surface area contributed by atoms with Gasteiger partial charge in [-0.25, -0.2) is 4.98 Å². The van der Waals surface area contributed by atoms with E-state index < -0.39 is 0 Å². The van der Waals surface area contributed by atoms with E-state index in [-0.39, 0.29) is 11.9 Å². The first-order chi connectivity index (χ1) is 12.4. The molecule has 0 saturated heterocycles. The van der Waals surface area contributed by atoms with Gasteiger partial charge in [0.25, 0.3) is 0 Å². The van der Waals surface area contributed by atoms with E-state index in [1.807, 2.05) is 10.8 Å². The van der Waals surface area contributed by atoms with Gasteiger partial charge in [-0.05, 0) is 37.5 Å². The molecule has 0 aliphatic rings. The molecular formula is C19H25N3O3S. The Balaban J connectivity index is 1.94. The van der Waals surface area contributed by atoms with Gasteiger partial charge in [-0.3, -0.25) is 14.2 Å². The minimum Gasteiger partial charge on any atom is -0.469 e. The summed E-state index contributed by atoms with van der Waals surface area (Å²) in [4.78, 5) is 29.5. The number of imidazole rings is 1. The Morgan fingerprint density at radius 3 is 2.81 bits per heavy atom. The highest BCUT2D eigenvalue weighted by molar-refractivity contribution is 7.99. The first kappa shape index (κ1) is 20.0. The molecule has 0 aliphatic heterocycles. The van der Waals surface area contributed by atoms with E-state index in [2.05, 4.69) is 41.8 Å². The molecule has 1 aromatic carbocycles. The van der Waals surface area contributed by atoms with Gasteiger partial charge in [-0.2, -0.15) is 0 Å². The Labute approximate surface area is 158 Å². The van der Waals surface area contributed by atoms with Crippen molar-refractivity contribution in [3.63, 3.8) is 0 Å². The number of hydrogen-bond acceptors (Lipinski definition) is 5. The molecule has 0 spiro atoms. The molecule has 0 bridgehead atoms. The van der Waals surface area contributed by atoms with Crippen LogP contribution in [0.3, 0.4) is 0 Å². The Kier molecular flexibility index (Phi) is 7.26. The number of carbonyl (C=O) groups excluding carboxylic acids is 2. The summed E-state index contributed by atoms with van der Waals surface area (Å²) in [5.41, 5.74) is 3.40. The van der Waals surface area contributed by atoms with Crippen LogP contribution >= 0.6 is 11.8 Å². The highest BCUT2D eigenvalue weighted by atomic mass is 32.2. The molecule has 1 aromatic heterocycles. The van der Waals surface area contributed by atoms with Crippen molar-refractivity contribution in [2.45, 2.75) is 31.8 Å². The molecule has 0 atom stereocenters. The van der Waals surface area contributed by atoms with E-state index in [1.54, 1.807) is 18.1 Å². The lowest BCUT2D eigenvalue weighted by molar-refractivity contribution is -0.141. The van der Waals surface area contributed by atoms with Crippen molar-refractivity contribution in [2.24, 2.45) is 0 Å². The first-order valence-corrected chi connectivity index (χ1v) is 9.45. The predicted octanol–water partition coefficient (Wildman–Crippen LogP) is 2.99. The van der Waals surface area contributed by atoms with E-state index in [9.17, 15) is 9.59 Å². The molecule has 140 valence electrons. The lowest BCUT2D eigenvalue weighted by Crippen LogP contribution is -2.29.